The van der Waals surface area contributed by atoms with Crippen molar-refractivity contribution in [2.75, 3.05) is 13.2 Å². The Hall–Kier alpha value is -0.810. The van der Waals surface area contributed by atoms with E-state index in [-0.39, 0.29) is 28.3 Å². The first-order valence-corrected chi connectivity index (χ1v) is 6.15. The molecule has 0 aliphatic carbocycles. The molecule has 1 heterocycles. The quantitative estimate of drug-likeness (QED) is 0.619. The molecule has 1 aromatic carbocycles. The number of Topliss-reactive ketones (excluding diaryl/α,β-unsaturated/α-hetero) is 1. The van der Waals surface area contributed by atoms with Crippen molar-refractivity contribution in [1.82, 2.24) is 0 Å². The van der Waals surface area contributed by atoms with Crippen LogP contribution in [-0.2, 0) is 4.74 Å². The van der Waals surface area contributed by atoms with Gasteiger partial charge in [0.2, 0.25) is 0 Å². The van der Waals surface area contributed by atoms with Gasteiger partial charge < -0.3 is 4.74 Å². The zero-order valence-corrected chi connectivity index (χ0v) is 10.6. The molecule has 0 radical (unpaired) electrons. The fraction of sp³-hybridized carbons (Fsp3) is 0.417. The summed E-state index contributed by atoms with van der Waals surface area (Å²) in [6.07, 6.45) is 1.44. The zero-order valence-electron chi connectivity index (χ0n) is 9.01. The first-order chi connectivity index (χ1) is 8.09. The maximum Gasteiger partial charge on any atom is 0.171 e. The topological polar surface area (TPSA) is 26.3 Å². The van der Waals surface area contributed by atoms with E-state index in [1.54, 1.807) is 0 Å². The molecule has 1 saturated heterocycles. The van der Waals surface area contributed by atoms with Gasteiger partial charge in [0.25, 0.3) is 0 Å². The van der Waals surface area contributed by atoms with Crippen molar-refractivity contribution in [3.05, 3.63) is 33.8 Å². The van der Waals surface area contributed by atoms with Crippen molar-refractivity contribution < 1.29 is 18.3 Å². The Kier molecular flexibility index (Phi) is 3.89. The van der Waals surface area contributed by atoms with Crippen molar-refractivity contribution in [1.29, 1.82) is 0 Å². The molecule has 0 saturated carbocycles. The molecule has 0 amide bonds. The van der Waals surface area contributed by atoms with Gasteiger partial charge in [-0.25, -0.2) is 8.78 Å². The van der Waals surface area contributed by atoms with Gasteiger partial charge in [0.05, 0.1) is 16.6 Å². The molecule has 0 bridgehead atoms. The molecular formula is C12H11BrF2O2. The van der Waals surface area contributed by atoms with Crippen molar-refractivity contribution in [2.24, 2.45) is 5.92 Å². The molecule has 2 nitrogen and oxygen atoms in total. The Labute approximate surface area is 106 Å². The molecule has 1 unspecified atom stereocenters. The smallest absolute Gasteiger partial charge is 0.171 e. The number of hydrogen-bond donors (Lipinski definition) is 0. The van der Waals surface area contributed by atoms with Crippen LogP contribution in [0.2, 0.25) is 0 Å². The molecule has 1 fully saturated rings. The Morgan fingerprint density at radius 1 is 1.35 bits per heavy atom. The highest BCUT2D eigenvalue weighted by atomic mass is 79.9. The van der Waals surface area contributed by atoms with Gasteiger partial charge in [0.15, 0.2) is 5.78 Å². The standard InChI is InChI=1S/C12H11BrF2O2/c13-9-5-10(14)8(4-11(9)15)12(16)7-2-1-3-17-6-7/h4-5,7H,1-3,6H2. The van der Waals surface area contributed by atoms with E-state index in [2.05, 4.69) is 15.9 Å². The lowest BCUT2D eigenvalue weighted by Gasteiger charge is -2.21. The molecule has 17 heavy (non-hydrogen) atoms. The van der Waals surface area contributed by atoms with Gasteiger partial charge in [0.1, 0.15) is 11.6 Å². The lowest BCUT2D eigenvalue weighted by molar-refractivity contribution is 0.0458. The van der Waals surface area contributed by atoms with Crippen LogP contribution in [0.25, 0.3) is 0 Å². The van der Waals surface area contributed by atoms with Gasteiger partial charge in [-0.15, -0.1) is 0 Å². The van der Waals surface area contributed by atoms with Gasteiger partial charge in [-0.2, -0.15) is 0 Å². The molecule has 1 aliphatic heterocycles. The van der Waals surface area contributed by atoms with E-state index in [1.165, 1.54) is 0 Å². The number of carbonyl (C=O) groups excluding carboxylic acids is 1. The second-order valence-electron chi connectivity index (χ2n) is 4.02. The summed E-state index contributed by atoms with van der Waals surface area (Å²) < 4.78 is 32.1. The van der Waals surface area contributed by atoms with E-state index in [9.17, 15) is 13.6 Å². The fourth-order valence-electron chi connectivity index (χ4n) is 1.88. The average molecular weight is 305 g/mol. The molecule has 0 aromatic heterocycles. The van der Waals surface area contributed by atoms with Crippen LogP contribution >= 0.6 is 15.9 Å². The molecule has 0 N–H and O–H groups in total. The molecular weight excluding hydrogens is 294 g/mol. The number of benzene rings is 1. The highest BCUT2D eigenvalue weighted by Crippen LogP contribution is 2.24. The maximum atomic E-state index is 13.6. The zero-order chi connectivity index (χ0) is 12.4. The third-order valence-corrected chi connectivity index (χ3v) is 3.41. The summed E-state index contributed by atoms with van der Waals surface area (Å²) in [5, 5.41) is 0. The Bertz CT molecular complexity index is 442. The molecule has 1 atom stereocenters. The van der Waals surface area contributed by atoms with Gasteiger partial charge >= 0.3 is 0 Å². The molecule has 92 valence electrons. The number of ketones is 1. The van der Waals surface area contributed by atoms with Crippen molar-refractivity contribution in [2.45, 2.75) is 12.8 Å². The van der Waals surface area contributed by atoms with Crippen LogP contribution < -0.4 is 0 Å². The minimum atomic E-state index is -0.700. The molecule has 1 aromatic rings. The summed E-state index contributed by atoms with van der Waals surface area (Å²) in [7, 11) is 0. The van der Waals surface area contributed by atoms with E-state index >= 15 is 0 Å². The Morgan fingerprint density at radius 2 is 2.12 bits per heavy atom. The van der Waals surface area contributed by atoms with Gasteiger partial charge in [-0.05, 0) is 40.9 Å². The van der Waals surface area contributed by atoms with E-state index < -0.39 is 11.6 Å². The van der Waals surface area contributed by atoms with Crippen LogP contribution in [0.15, 0.2) is 16.6 Å². The summed E-state index contributed by atoms with van der Waals surface area (Å²) in [4.78, 5) is 12.0. The summed E-state index contributed by atoms with van der Waals surface area (Å²) in [5.74, 6) is -2.08. The second kappa shape index (κ2) is 5.23. The summed E-state index contributed by atoms with van der Waals surface area (Å²) in [5.41, 5.74) is -0.193. The number of rotatable bonds is 2. The maximum absolute atomic E-state index is 13.6. The largest absolute Gasteiger partial charge is 0.381 e. The highest BCUT2D eigenvalue weighted by molar-refractivity contribution is 9.10. The Balaban J connectivity index is 2.26. The minimum Gasteiger partial charge on any atom is -0.381 e. The lowest BCUT2D eigenvalue weighted by Crippen LogP contribution is -2.26. The average Bonchev–Trinajstić information content (AvgIpc) is 2.34. The summed E-state index contributed by atoms with van der Waals surface area (Å²) in [6, 6.07) is 1.92. The number of hydrogen-bond acceptors (Lipinski definition) is 2. The van der Waals surface area contributed by atoms with Crippen LogP contribution in [-0.4, -0.2) is 19.0 Å². The first kappa shape index (κ1) is 12.6. The van der Waals surface area contributed by atoms with Crippen molar-refractivity contribution in [3.8, 4) is 0 Å². The minimum absolute atomic E-state index is 0.0199. The van der Waals surface area contributed by atoms with Gasteiger partial charge in [0, 0.05) is 12.5 Å². The van der Waals surface area contributed by atoms with Crippen molar-refractivity contribution >= 4 is 21.7 Å². The molecule has 5 heteroatoms. The second-order valence-corrected chi connectivity index (χ2v) is 4.88. The van der Waals surface area contributed by atoms with Crippen LogP contribution in [0.1, 0.15) is 23.2 Å². The van der Waals surface area contributed by atoms with E-state index in [0.29, 0.717) is 13.0 Å². The Morgan fingerprint density at radius 3 is 2.76 bits per heavy atom. The third kappa shape index (κ3) is 2.72. The van der Waals surface area contributed by atoms with Crippen LogP contribution in [0.4, 0.5) is 8.78 Å². The van der Waals surface area contributed by atoms with E-state index in [0.717, 1.165) is 18.6 Å². The van der Waals surface area contributed by atoms with Crippen LogP contribution in [0, 0.1) is 17.6 Å². The fourth-order valence-corrected chi connectivity index (χ4v) is 2.19. The SMILES string of the molecule is O=C(c1cc(F)c(Br)cc1F)C1CCCOC1. The van der Waals surface area contributed by atoms with E-state index in [1.807, 2.05) is 0 Å². The van der Waals surface area contributed by atoms with E-state index in [4.69, 9.17) is 4.74 Å². The molecule has 0 spiro atoms. The first-order valence-electron chi connectivity index (χ1n) is 5.36. The monoisotopic (exact) mass is 304 g/mol. The number of carbonyl (C=O) groups is 1. The van der Waals surface area contributed by atoms with Crippen molar-refractivity contribution in [3.63, 3.8) is 0 Å². The number of halogens is 3. The number of ether oxygens (including phenoxy) is 1. The summed E-state index contributed by atoms with van der Waals surface area (Å²) >= 11 is 2.87. The third-order valence-electron chi connectivity index (χ3n) is 2.81. The predicted octanol–water partition coefficient (Wildman–Crippen LogP) is 3.34. The summed E-state index contributed by atoms with van der Waals surface area (Å²) in [6.45, 7) is 0.914. The van der Waals surface area contributed by atoms with Gasteiger partial charge in [-0.1, -0.05) is 0 Å². The van der Waals surface area contributed by atoms with Crippen LogP contribution in [0.5, 0.6) is 0 Å². The normalized spacial score (nSPS) is 20.3. The highest BCUT2D eigenvalue weighted by Gasteiger charge is 2.26. The predicted molar refractivity (Wildman–Crippen MR) is 61.9 cm³/mol. The molecule has 1 aliphatic rings. The molecule has 2 rings (SSSR count). The van der Waals surface area contributed by atoms with Gasteiger partial charge in [-0.3, -0.25) is 4.79 Å². The lowest BCUT2D eigenvalue weighted by atomic mass is 9.92. The van der Waals surface area contributed by atoms with Crippen LogP contribution in [0.3, 0.4) is 0 Å².